The highest BCUT2D eigenvalue weighted by Gasteiger charge is 2.10. The van der Waals surface area contributed by atoms with Gasteiger partial charge in [-0.15, -0.1) is 0 Å². The molecule has 0 atom stereocenters. The van der Waals surface area contributed by atoms with Crippen molar-refractivity contribution in [3.05, 3.63) is 34.9 Å². The SMILES string of the molecule is CCCN(Cc1ccc(Cl)cc1)C(=O)CN. The van der Waals surface area contributed by atoms with Crippen LogP contribution in [0.1, 0.15) is 18.9 Å². The molecule has 0 fully saturated rings. The average molecular weight is 241 g/mol. The molecule has 1 rings (SSSR count). The lowest BCUT2D eigenvalue weighted by molar-refractivity contribution is -0.130. The maximum atomic E-state index is 11.5. The molecule has 1 amide bonds. The second-order valence-corrected chi connectivity index (χ2v) is 4.08. The maximum absolute atomic E-state index is 11.5. The fraction of sp³-hybridized carbons (Fsp3) is 0.417. The molecule has 0 saturated heterocycles. The molecule has 0 unspecified atom stereocenters. The van der Waals surface area contributed by atoms with Crippen LogP contribution in [0.5, 0.6) is 0 Å². The van der Waals surface area contributed by atoms with Crippen LogP contribution < -0.4 is 5.73 Å². The third-order valence-electron chi connectivity index (χ3n) is 2.31. The van der Waals surface area contributed by atoms with Crippen molar-refractivity contribution in [3.8, 4) is 0 Å². The molecule has 1 aromatic carbocycles. The molecule has 16 heavy (non-hydrogen) atoms. The van der Waals surface area contributed by atoms with E-state index in [9.17, 15) is 4.79 Å². The monoisotopic (exact) mass is 240 g/mol. The van der Waals surface area contributed by atoms with E-state index in [1.165, 1.54) is 0 Å². The van der Waals surface area contributed by atoms with Crippen LogP contribution in [0.4, 0.5) is 0 Å². The van der Waals surface area contributed by atoms with Gasteiger partial charge in [0.15, 0.2) is 0 Å². The zero-order chi connectivity index (χ0) is 12.0. The van der Waals surface area contributed by atoms with E-state index in [2.05, 4.69) is 0 Å². The second-order valence-electron chi connectivity index (χ2n) is 3.65. The lowest BCUT2D eigenvalue weighted by Crippen LogP contribution is -2.36. The molecule has 0 radical (unpaired) electrons. The fourth-order valence-electron chi connectivity index (χ4n) is 1.50. The molecule has 3 nitrogen and oxygen atoms in total. The summed E-state index contributed by atoms with van der Waals surface area (Å²) in [6, 6.07) is 7.51. The number of carbonyl (C=O) groups excluding carboxylic acids is 1. The molecule has 0 aromatic heterocycles. The predicted molar refractivity (Wildman–Crippen MR) is 66.2 cm³/mol. The summed E-state index contributed by atoms with van der Waals surface area (Å²) < 4.78 is 0. The lowest BCUT2D eigenvalue weighted by Gasteiger charge is -2.21. The molecule has 0 aliphatic heterocycles. The van der Waals surface area contributed by atoms with E-state index in [1.807, 2.05) is 31.2 Å². The molecule has 0 aliphatic rings. The molecule has 0 bridgehead atoms. The van der Waals surface area contributed by atoms with Gasteiger partial charge in [0.2, 0.25) is 5.91 Å². The third-order valence-corrected chi connectivity index (χ3v) is 2.56. The largest absolute Gasteiger partial charge is 0.337 e. The molecule has 0 saturated carbocycles. The van der Waals surface area contributed by atoms with Crippen LogP contribution >= 0.6 is 11.6 Å². The van der Waals surface area contributed by atoms with Crippen molar-refractivity contribution >= 4 is 17.5 Å². The number of rotatable bonds is 5. The van der Waals surface area contributed by atoms with E-state index < -0.39 is 0 Å². The smallest absolute Gasteiger partial charge is 0.236 e. The zero-order valence-corrected chi connectivity index (χ0v) is 10.2. The van der Waals surface area contributed by atoms with Gasteiger partial charge in [-0.1, -0.05) is 30.7 Å². The number of halogens is 1. The zero-order valence-electron chi connectivity index (χ0n) is 9.45. The Morgan fingerprint density at radius 2 is 2.00 bits per heavy atom. The van der Waals surface area contributed by atoms with Crippen molar-refractivity contribution in [1.29, 1.82) is 0 Å². The molecule has 0 spiro atoms. The standard InChI is InChI=1S/C12H17ClN2O/c1-2-7-15(12(16)8-14)9-10-3-5-11(13)6-4-10/h3-6H,2,7-9,14H2,1H3. The van der Waals surface area contributed by atoms with Gasteiger partial charge in [-0.25, -0.2) is 0 Å². The van der Waals surface area contributed by atoms with E-state index in [4.69, 9.17) is 17.3 Å². The summed E-state index contributed by atoms with van der Waals surface area (Å²) in [6.45, 7) is 3.44. The Kier molecular flexibility index (Phi) is 5.29. The summed E-state index contributed by atoms with van der Waals surface area (Å²) in [5, 5.41) is 0.705. The van der Waals surface area contributed by atoms with Gasteiger partial charge in [0.1, 0.15) is 0 Å². The van der Waals surface area contributed by atoms with Gasteiger partial charge in [0.05, 0.1) is 6.54 Å². The van der Waals surface area contributed by atoms with Gasteiger partial charge in [-0.2, -0.15) is 0 Å². The Labute approximate surface area is 101 Å². The first-order valence-electron chi connectivity index (χ1n) is 5.39. The minimum Gasteiger partial charge on any atom is -0.337 e. The van der Waals surface area contributed by atoms with Crippen molar-refractivity contribution in [2.45, 2.75) is 19.9 Å². The third kappa shape index (κ3) is 3.83. The first-order valence-corrected chi connectivity index (χ1v) is 5.77. The van der Waals surface area contributed by atoms with E-state index in [-0.39, 0.29) is 12.5 Å². The second kappa shape index (κ2) is 6.51. The summed E-state index contributed by atoms with van der Waals surface area (Å²) in [5.74, 6) is -0.0169. The first kappa shape index (κ1) is 13.0. The van der Waals surface area contributed by atoms with E-state index in [1.54, 1.807) is 4.90 Å². The number of amides is 1. The van der Waals surface area contributed by atoms with Crippen LogP contribution in [0.25, 0.3) is 0 Å². The maximum Gasteiger partial charge on any atom is 0.236 e. The van der Waals surface area contributed by atoms with Gasteiger partial charge < -0.3 is 10.6 Å². The predicted octanol–water partition coefficient (Wildman–Crippen LogP) is 2.04. The summed E-state index contributed by atoms with van der Waals surface area (Å²) >= 11 is 5.80. The summed E-state index contributed by atoms with van der Waals surface area (Å²) in [5.41, 5.74) is 6.44. The molecule has 4 heteroatoms. The van der Waals surface area contributed by atoms with Gasteiger partial charge in [-0.3, -0.25) is 4.79 Å². The number of nitrogens with two attached hydrogens (primary N) is 1. The minimum atomic E-state index is -0.0169. The van der Waals surface area contributed by atoms with Crippen molar-refractivity contribution < 1.29 is 4.79 Å². The van der Waals surface area contributed by atoms with Crippen LogP contribution in [0, 0.1) is 0 Å². The van der Waals surface area contributed by atoms with Crippen LogP contribution in [0.2, 0.25) is 5.02 Å². The summed E-state index contributed by atoms with van der Waals surface area (Å²) in [6.07, 6.45) is 0.930. The number of carbonyl (C=O) groups is 1. The number of hydrogen-bond donors (Lipinski definition) is 1. The van der Waals surface area contributed by atoms with Crippen molar-refractivity contribution in [2.75, 3.05) is 13.1 Å². The highest BCUT2D eigenvalue weighted by atomic mass is 35.5. The molecule has 0 heterocycles. The highest BCUT2D eigenvalue weighted by Crippen LogP contribution is 2.11. The topological polar surface area (TPSA) is 46.3 Å². The molecule has 1 aromatic rings. The molecular weight excluding hydrogens is 224 g/mol. The van der Waals surface area contributed by atoms with Crippen molar-refractivity contribution in [1.82, 2.24) is 4.90 Å². The Bertz CT molecular complexity index is 337. The minimum absolute atomic E-state index is 0.0169. The van der Waals surface area contributed by atoms with Crippen LogP contribution in [-0.2, 0) is 11.3 Å². The van der Waals surface area contributed by atoms with Crippen LogP contribution in [0.3, 0.4) is 0 Å². The molecule has 2 N–H and O–H groups in total. The van der Waals surface area contributed by atoms with Crippen LogP contribution in [0.15, 0.2) is 24.3 Å². The van der Waals surface area contributed by atoms with Gasteiger partial charge >= 0.3 is 0 Å². The Balaban J connectivity index is 2.67. The van der Waals surface area contributed by atoms with E-state index in [0.29, 0.717) is 11.6 Å². The fourth-order valence-corrected chi connectivity index (χ4v) is 1.63. The Morgan fingerprint density at radius 1 is 1.38 bits per heavy atom. The van der Waals surface area contributed by atoms with E-state index >= 15 is 0 Å². The first-order chi connectivity index (χ1) is 7.67. The lowest BCUT2D eigenvalue weighted by atomic mass is 10.2. The van der Waals surface area contributed by atoms with Crippen molar-refractivity contribution in [3.63, 3.8) is 0 Å². The average Bonchev–Trinajstić information content (AvgIpc) is 2.30. The number of benzene rings is 1. The summed E-state index contributed by atoms with van der Waals surface area (Å²) in [4.78, 5) is 13.3. The Hall–Kier alpha value is -1.06. The molecule has 0 aliphatic carbocycles. The van der Waals surface area contributed by atoms with Gasteiger partial charge in [0.25, 0.3) is 0 Å². The molecular formula is C12H17ClN2O. The van der Waals surface area contributed by atoms with Gasteiger partial charge in [-0.05, 0) is 24.1 Å². The van der Waals surface area contributed by atoms with Crippen molar-refractivity contribution in [2.24, 2.45) is 5.73 Å². The van der Waals surface area contributed by atoms with Crippen LogP contribution in [-0.4, -0.2) is 23.9 Å². The summed E-state index contributed by atoms with van der Waals surface area (Å²) in [7, 11) is 0. The quantitative estimate of drug-likeness (QED) is 0.856. The normalized spacial score (nSPS) is 10.2. The van der Waals surface area contributed by atoms with Gasteiger partial charge in [0, 0.05) is 18.1 Å². The molecule has 88 valence electrons. The van der Waals surface area contributed by atoms with E-state index in [0.717, 1.165) is 18.5 Å². The number of nitrogens with zero attached hydrogens (tertiary/aromatic N) is 1. The Morgan fingerprint density at radius 3 is 2.50 bits per heavy atom. The number of hydrogen-bond acceptors (Lipinski definition) is 2. The highest BCUT2D eigenvalue weighted by molar-refractivity contribution is 6.30.